The largest absolute Gasteiger partial charge is 0.298 e. The van der Waals surface area contributed by atoms with Crippen LogP contribution in [-0.4, -0.2) is 21.8 Å². The minimum Gasteiger partial charge on any atom is -0.298 e. The lowest BCUT2D eigenvalue weighted by atomic mass is 10.2. The van der Waals surface area contributed by atoms with Crippen molar-refractivity contribution in [2.45, 2.75) is 32.2 Å². The van der Waals surface area contributed by atoms with Gasteiger partial charge in [0.25, 0.3) is 0 Å². The number of aldehydes is 1. The normalized spacial score (nSPS) is 11.0. The van der Waals surface area contributed by atoms with E-state index in [2.05, 4.69) is 18.9 Å². The maximum absolute atomic E-state index is 11.3. The van der Waals surface area contributed by atoms with Gasteiger partial charge in [-0.15, -0.1) is 11.8 Å². The first kappa shape index (κ1) is 14.9. The summed E-state index contributed by atoms with van der Waals surface area (Å²) in [7, 11) is 0. The Kier molecular flexibility index (Phi) is 5.01. The van der Waals surface area contributed by atoms with Crippen LogP contribution in [0.4, 0.5) is 0 Å². The van der Waals surface area contributed by atoms with E-state index in [9.17, 15) is 4.79 Å². The lowest BCUT2D eigenvalue weighted by Crippen LogP contribution is -2.00. The smallest absolute Gasteiger partial charge is 0.154 e. The van der Waals surface area contributed by atoms with Gasteiger partial charge in [0.2, 0.25) is 0 Å². The number of hydrogen-bond acceptors (Lipinski definition) is 3. The molecular weight excluding hydrogens is 268 g/mol. The molecule has 20 heavy (non-hydrogen) atoms. The molecule has 0 unspecified atom stereocenters. The van der Waals surface area contributed by atoms with Crippen molar-refractivity contribution in [2.24, 2.45) is 5.92 Å². The van der Waals surface area contributed by atoms with Gasteiger partial charge >= 0.3 is 0 Å². The van der Waals surface area contributed by atoms with Crippen molar-refractivity contribution in [1.29, 1.82) is 0 Å². The Labute approximate surface area is 124 Å². The highest BCUT2D eigenvalue weighted by atomic mass is 32.2. The van der Waals surface area contributed by atoms with Gasteiger partial charge < -0.3 is 0 Å². The van der Waals surface area contributed by atoms with Crippen LogP contribution in [0.3, 0.4) is 0 Å². The summed E-state index contributed by atoms with van der Waals surface area (Å²) in [4.78, 5) is 11.3. The highest BCUT2D eigenvalue weighted by Crippen LogP contribution is 2.28. The minimum absolute atomic E-state index is 0.663. The SMILES string of the molecule is Cc1nn(-c2ccccc2)c(SCCC(C)C)c1C=O. The fraction of sp³-hybridized carbons (Fsp3) is 0.375. The maximum Gasteiger partial charge on any atom is 0.154 e. The van der Waals surface area contributed by atoms with Gasteiger partial charge in [0, 0.05) is 0 Å². The topological polar surface area (TPSA) is 34.9 Å². The molecule has 0 aliphatic rings. The first-order chi connectivity index (χ1) is 9.63. The summed E-state index contributed by atoms with van der Waals surface area (Å²) >= 11 is 1.71. The molecule has 0 N–H and O–H groups in total. The fourth-order valence-electron chi connectivity index (χ4n) is 1.93. The highest BCUT2D eigenvalue weighted by molar-refractivity contribution is 7.99. The van der Waals surface area contributed by atoms with Crippen LogP contribution in [0.5, 0.6) is 0 Å². The van der Waals surface area contributed by atoms with Gasteiger partial charge in [-0.3, -0.25) is 4.79 Å². The molecule has 0 atom stereocenters. The van der Waals surface area contributed by atoms with Crippen LogP contribution >= 0.6 is 11.8 Å². The number of para-hydroxylation sites is 1. The Morgan fingerprint density at radius 2 is 2.00 bits per heavy atom. The standard InChI is InChI=1S/C16H20N2OS/c1-12(2)9-10-20-16-15(11-19)13(3)17-18(16)14-7-5-4-6-8-14/h4-8,11-12H,9-10H2,1-3H3. The first-order valence-corrected chi connectivity index (χ1v) is 7.85. The van der Waals surface area contributed by atoms with Gasteiger partial charge in [-0.25, -0.2) is 4.68 Å². The van der Waals surface area contributed by atoms with Crippen LogP contribution in [0.25, 0.3) is 5.69 Å². The van der Waals surface area contributed by atoms with Crippen molar-refractivity contribution in [3.8, 4) is 5.69 Å². The number of hydrogen-bond donors (Lipinski definition) is 0. The number of aromatic nitrogens is 2. The summed E-state index contributed by atoms with van der Waals surface area (Å²) in [6.07, 6.45) is 2.04. The summed E-state index contributed by atoms with van der Waals surface area (Å²) in [6, 6.07) is 9.96. The van der Waals surface area contributed by atoms with E-state index < -0.39 is 0 Å². The number of aryl methyl sites for hydroxylation is 1. The summed E-state index contributed by atoms with van der Waals surface area (Å²) in [5.41, 5.74) is 2.49. The second-order valence-electron chi connectivity index (χ2n) is 5.20. The van der Waals surface area contributed by atoms with Gasteiger partial charge in [-0.2, -0.15) is 5.10 Å². The minimum atomic E-state index is 0.663. The summed E-state index contributed by atoms with van der Waals surface area (Å²) in [6.45, 7) is 6.30. The van der Waals surface area contributed by atoms with Gasteiger partial charge in [0.05, 0.1) is 16.9 Å². The van der Waals surface area contributed by atoms with E-state index in [1.807, 2.05) is 41.9 Å². The Bertz CT molecular complexity index is 576. The number of carbonyl (C=O) groups is 1. The second-order valence-corrected chi connectivity index (χ2v) is 6.28. The summed E-state index contributed by atoms with van der Waals surface area (Å²) in [5.74, 6) is 1.66. The number of nitrogens with zero attached hydrogens (tertiary/aromatic N) is 2. The van der Waals surface area contributed by atoms with Crippen LogP contribution in [0, 0.1) is 12.8 Å². The third kappa shape index (κ3) is 3.31. The van der Waals surface area contributed by atoms with Crippen molar-refractivity contribution in [1.82, 2.24) is 9.78 Å². The average Bonchev–Trinajstić information content (AvgIpc) is 2.75. The number of rotatable bonds is 6. The zero-order valence-electron chi connectivity index (χ0n) is 12.2. The molecule has 0 saturated carbocycles. The zero-order valence-corrected chi connectivity index (χ0v) is 13.0. The van der Waals surface area contributed by atoms with E-state index in [1.54, 1.807) is 11.8 Å². The quantitative estimate of drug-likeness (QED) is 0.592. The molecule has 1 aromatic carbocycles. The van der Waals surface area contributed by atoms with Crippen molar-refractivity contribution in [3.63, 3.8) is 0 Å². The lowest BCUT2D eigenvalue weighted by molar-refractivity contribution is 0.112. The predicted octanol–water partition coefficient (Wildman–Crippen LogP) is 4.13. The van der Waals surface area contributed by atoms with Gasteiger partial charge in [0.1, 0.15) is 5.03 Å². The second kappa shape index (κ2) is 6.75. The lowest BCUT2D eigenvalue weighted by Gasteiger charge is -2.08. The molecule has 2 rings (SSSR count). The van der Waals surface area contributed by atoms with E-state index in [4.69, 9.17) is 0 Å². The van der Waals surface area contributed by atoms with Crippen molar-refractivity contribution >= 4 is 18.0 Å². The molecule has 0 radical (unpaired) electrons. The molecule has 2 aromatic rings. The van der Waals surface area contributed by atoms with E-state index in [-0.39, 0.29) is 0 Å². The van der Waals surface area contributed by atoms with E-state index in [0.717, 1.165) is 34.9 Å². The third-order valence-corrected chi connectivity index (χ3v) is 4.22. The van der Waals surface area contributed by atoms with Crippen LogP contribution < -0.4 is 0 Å². The molecule has 0 fully saturated rings. The van der Waals surface area contributed by atoms with E-state index in [0.29, 0.717) is 11.5 Å². The fourth-order valence-corrected chi connectivity index (χ4v) is 3.33. The molecule has 0 amide bonds. The Hall–Kier alpha value is -1.55. The average molecular weight is 288 g/mol. The van der Waals surface area contributed by atoms with Crippen LogP contribution in [-0.2, 0) is 0 Å². The molecule has 0 saturated heterocycles. The van der Waals surface area contributed by atoms with Gasteiger partial charge in [-0.05, 0) is 37.1 Å². The Morgan fingerprint density at radius 1 is 1.30 bits per heavy atom. The molecular formula is C16H20N2OS. The summed E-state index contributed by atoms with van der Waals surface area (Å²) in [5, 5.41) is 5.46. The Balaban J connectivity index is 2.34. The summed E-state index contributed by atoms with van der Waals surface area (Å²) < 4.78 is 1.88. The number of benzene rings is 1. The molecule has 0 aliphatic carbocycles. The molecule has 106 valence electrons. The van der Waals surface area contributed by atoms with E-state index in [1.165, 1.54) is 0 Å². The highest BCUT2D eigenvalue weighted by Gasteiger charge is 2.16. The molecule has 1 heterocycles. The number of carbonyl (C=O) groups excluding carboxylic acids is 1. The first-order valence-electron chi connectivity index (χ1n) is 6.86. The van der Waals surface area contributed by atoms with Crippen LogP contribution in [0.15, 0.2) is 35.4 Å². The predicted molar refractivity (Wildman–Crippen MR) is 83.9 cm³/mol. The molecule has 1 aromatic heterocycles. The zero-order chi connectivity index (χ0) is 14.5. The molecule has 0 aliphatic heterocycles. The van der Waals surface area contributed by atoms with Crippen LogP contribution in [0.2, 0.25) is 0 Å². The van der Waals surface area contributed by atoms with E-state index >= 15 is 0 Å². The molecule has 0 spiro atoms. The monoisotopic (exact) mass is 288 g/mol. The molecule has 4 heteroatoms. The van der Waals surface area contributed by atoms with Gasteiger partial charge in [-0.1, -0.05) is 32.0 Å². The third-order valence-electron chi connectivity index (χ3n) is 3.12. The van der Waals surface area contributed by atoms with Crippen LogP contribution in [0.1, 0.15) is 36.3 Å². The molecule has 0 bridgehead atoms. The van der Waals surface area contributed by atoms with Crippen molar-refractivity contribution < 1.29 is 4.79 Å². The van der Waals surface area contributed by atoms with Gasteiger partial charge in [0.15, 0.2) is 6.29 Å². The van der Waals surface area contributed by atoms with Crippen molar-refractivity contribution in [3.05, 3.63) is 41.6 Å². The molecule has 3 nitrogen and oxygen atoms in total. The maximum atomic E-state index is 11.3. The van der Waals surface area contributed by atoms with Crippen molar-refractivity contribution in [2.75, 3.05) is 5.75 Å². The number of thioether (sulfide) groups is 1. The Morgan fingerprint density at radius 3 is 2.60 bits per heavy atom.